The van der Waals surface area contributed by atoms with E-state index in [2.05, 4.69) is 36.7 Å². The lowest BCUT2D eigenvalue weighted by atomic mass is 9.81. The Balaban J connectivity index is 2.42. The summed E-state index contributed by atoms with van der Waals surface area (Å²) in [4.78, 5) is 0. The summed E-state index contributed by atoms with van der Waals surface area (Å²) in [6, 6.07) is 6.14. The van der Waals surface area contributed by atoms with E-state index in [0.29, 0.717) is 5.92 Å². The Morgan fingerprint density at radius 1 is 1.50 bits per heavy atom. The van der Waals surface area contributed by atoms with E-state index in [1.165, 1.54) is 0 Å². The van der Waals surface area contributed by atoms with Gasteiger partial charge in [0.15, 0.2) is 0 Å². The van der Waals surface area contributed by atoms with Gasteiger partial charge in [0.05, 0.1) is 0 Å². The van der Waals surface area contributed by atoms with Crippen LogP contribution in [0.25, 0.3) is 0 Å². The van der Waals surface area contributed by atoms with Gasteiger partial charge in [0.25, 0.3) is 0 Å². The molecule has 2 nitrogen and oxygen atoms in total. The Bertz CT molecular complexity index is 405. The highest BCUT2D eigenvalue weighted by atomic mass is 79.9. The first kappa shape index (κ1) is 11.9. The van der Waals surface area contributed by atoms with Crippen molar-refractivity contribution in [3.63, 3.8) is 0 Å². The molecular weight excluding hydrogens is 266 g/mol. The van der Waals surface area contributed by atoms with Crippen molar-refractivity contribution in [1.82, 2.24) is 0 Å². The molecule has 1 heterocycles. The van der Waals surface area contributed by atoms with Crippen molar-refractivity contribution >= 4 is 15.9 Å². The summed E-state index contributed by atoms with van der Waals surface area (Å²) < 4.78 is 7.16. The minimum Gasteiger partial charge on any atom is -0.487 e. The van der Waals surface area contributed by atoms with Crippen LogP contribution in [-0.4, -0.2) is 5.60 Å². The third kappa shape index (κ3) is 1.98. The first-order valence-corrected chi connectivity index (χ1v) is 6.46. The van der Waals surface area contributed by atoms with Gasteiger partial charge in [0.2, 0.25) is 0 Å². The number of halogens is 1. The van der Waals surface area contributed by atoms with Crippen LogP contribution in [0, 0.1) is 5.92 Å². The van der Waals surface area contributed by atoms with E-state index in [1.54, 1.807) is 0 Å². The third-order valence-corrected chi connectivity index (χ3v) is 4.06. The van der Waals surface area contributed by atoms with Crippen LogP contribution in [0.15, 0.2) is 22.7 Å². The smallest absolute Gasteiger partial charge is 0.126 e. The number of rotatable bonds is 1. The molecule has 0 spiro atoms. The van der Waals surface area contributed by atoms with Crippen molar-refractivity contribution in [3.8, 4) is 5.75 Å². The number of hydrogen-bond acceptors (Lipinski definition) is 2. The molecule has 0 radical (unpaired) electrons. The number of fused-ring (bicyclic) bond motifs is 1. The summed E-state index contributed by atoms with van der Waals surface area (Å²) >= 11 is 3.46. The lowest BCUT2D eigenvalue weighted by molar-refractivity contribution is 0.0107. The molecule has 2 N–H and O–H groups in total. The molecule has 0 saturated carbocycles. The maximum Gasteiger partial charge on any atom is 0.126 e. The zero-order valence-corrected chi connectivity index (χ0v) is 11.5. The Morgan fingerprint density at radius 3 is 2.81 bits per heavy atom. The van der Waals surface area contributed by atoms with Gasteiger partial charge in [0.1, 0.15) is 11.4 Å². The zero-order chi connectivity index (χ0) is 11.9. The van der Waals surface area contributed by atoms with Crippen LogP contribution < -0.4 is 10.5 Å². The van der Waals surface area contributed by atoms with Crippen molar-refractivity contribution in [3.05, 3.63) is 28.2 Å². The van der Waals surface area contributed by atoms with E-state index in [-0.39, 0.29) is 11.6 Å². The van der Waals surface area contributed by atoms with E-state index in [4.69, 9.17) is 10.5 Å². The van der Waals surface area contributed by atoms with E-state index >= 15 is 0 Å². The van der Waals surface area contributed by atoms with E-state index in [9.17, 15) is 0 Å². The molecule has 16 heavy (non-hydrogen) atoms. The van der Waals surface area contributed by atoms with Gasteiger partial charge in [-0.3, -0.25) is 0 Å². The van der Waals surface area contributed by atoms with Crippen molar-refractivity contribution in [2.45, 2.75) is 38.8 Å². The number of ether oxygens (including phenoxy) is 1. The minimum absolute atomic E-state index is 0.0734. The molecule has 1 aliphatic heterocycles. The van der Waals surface area contributed by atoms with E-state index in [0.717, 1.165) is 22.2 Å². The molecular formula is C13H18BrNO. The maximum atomic E-state index is 6.21. The highest BCUT2D eigenvalue weighted by Crippen LogP contribution is 2.42. The SMILES string of the molecule is CC(C)C1(C)CC(N)c2ccc(Br)cc2O1. The molecule has 2 rings (SSSR count). The maximum absolute atomic E-state index is 6.21. The first-order chi connectivity index (χ1) is 7.42. The number of nitrogens with two attached hydrogens (primary N) is 1. The Kier molecular flexibility index (Phi) is 3.01. The number of hydrogen-bond donors (Lipinski definition) is 1. The highest BCUT2D eigenvalue weighted by molar-refractivity contribution is 9.10. The van der Waals surface area contributed by atoms with Crippen LogP contribution in [0.2, 0.25) is 0 Å². The molecule has 1 aliphatic rings. The molecule has 2 atom stereocenters. The molecule has 0 amide bonds. The first-order valence-electron chi connectivity index (χ1n) is 5.66. The Morgan fingerprint density at radius 2 is 2.19 bits per heavy atom. The molecule has 0 aromatic heterocycles. The standard InChI is InChI=1S/C13H18BrNO/c1-8(2)13(3)7-11(15)10-5-4-9(14)6-12(10)16-13/h4-6,8,11H,7,15H2,1-3H3. The fraction of sp³-hybridized carbons (Fsp3) is 0.538. The summed E-state index contributed by atoms with van der Waals surface area (Å²) in [5, 5.41) is 0. The van der Waals surface area contributed by atoms with Crippen LogP contribution in [0.1, 0.15) is 38.8 Å². The fourth-order valence-corrected chi connectivity index (χ4v) is 2.44. The van der Waals surface area contributed by atoms with Crippen LogP contribution >= 0.6 is 15.9 Å². The highest BCUT2D eigenvalue weighted by Gasteiger charge is 2.38. The quantitative estimate of drug-likeness (QED) is 0.854. The van der Waals surface area contributed by atoms with Crippen molar-refractivity contribution in [2.24, 2.45) is 11.7 Å². The summed E-state index contributed by atoms with van der Waals surface area (Å²) in [7, 11) is 0. The van der Waals surface area contributed by atoms with E-state index < -0.39 is 0 Å². The largest absolute Gasteiger partial charge is 0.487 e. The predicted octanol–water partition coefficient (Wildman–Crippen LogP) is 3.65. The molecule has 2 unspecified atom stereocenters. The van der Waals surface area contributed by atoms with Crippen molar-refractivity contribution in [2.75, 3.05) is 0 Å². The van der Waals surface area contributed by atoms with Gasteiger partial charge in [-0.15, -0.1) is 0 Å². The van der Waals surface area contributed by atoms with Gasteiger partial charge in [0, 0.05) is 22.5 Å². The van der Waals surface area contributed by atoms with Crippen LogP contribution in [0.5, 0.6) is 5.75 Å². The monoisotopic (exact) mass is 283 g/mol. The molecule has 88 valence electrons. The third-order valence-electron chi connectivity index (χ3n) is 3.56. The predicted molar refractivity (Wildman–Crippen MR) is 69.6 cm³/mol. The summed E-state index contributed by atoms with van der Waals surface area (Å²) in [5.41, 5.74) is 7.17. The second-order valence-electron chi connectivity index (χ2n) is 5.06. The summed E-state index contributed by atoms with van der Waals surface area (Å²) in [5.74, 6) is 1.37. The van der Waals surface area contributed by atoms with Gasteiger partial charge >= 0.3 is 0 Å². The van der Waals surface area contributed by atoms with Crippen LogP contribution in [-0.2, 0) is 0 Å². The summed E-state index contributed by atoms with van der Waals surface area (Å²) in [6.45, 7) is 6.49. The normalized spacial score (nSPS) is 28.8. The Hall–Kier alpha value is -0.540. The molecule has 0 saturated heterocycles. The molecule has 1 aromatic carbocycles. The van der Waals surface area contributed by atoms with Gasteiger partial charge in [-0.1, -0.05) is 35.8 Å². The van der Waals surface area contributed by atoms with E-state index in [1.807, 2.05) is 18.2 Å². The van der Waals surface area contributed by atoms with Gasteiger partial charge in [-0.2, -0.15) is 0 Å². The fourth-order valence-electron chi connectivity index (χ4n) is 2.10. The second kappa shape index (κ2) is 4.04. The summed E-state index contributed by atoms with van der Waals surface area (Å²) in [6.07, 6.45) is 0.874. The topological polar surface area (TPSA) is 35.2 Å². The second-order valence-corrected chi connectivity index (χ2v) is 5.98. The lowest BCUT2D eigenvalue weighted by Gasteiger charge is -2.41. The zero-order valence-electron chi connectivity index (χ0n) is 9.96. The molecule has 0 bridgehead atoms. The molecule has 1 aromatic rings. The average Bonchev–Trinajstić information content (AvgIpc) is 2.16. The molecule has 3 heteroatoms. The van der Waals surface area contributed by atoms with Gasteiger partial charge < -0.3 is 10.5 Å². The molecule has 0 fully saturated rings. The number of benzene rings is 1. The van der Waals surface area contributed by atoms with Gasteiger partial charge in [-0.25, -0.2) is 0 Å². The Labute approximate surface area is 105 Å². The van der Waals surface area contributed by atoms with Crippen molar-refractivity contribution in [1.29, 1.82) is 0 Å². The van der Waals surface area contributed by atoms with Crippen LogP contribution in [0.4, 0.5) is 0 Å². The minimum atomic E-state index is -0.160. The average molecular weight is 284 g/mol. The lowest BCUT2D eigenvalue weighted by Crippen LogP contribution is -2.44. The van der Waals surface area contributed by atoms with Crippen LogP contribution in [0.3, 0.4) is 0 Å². The van der Waals surface area contributed by atoms with Crippen molar-refractivity contribution < 1.29 is 4.74 Å². The molecule has 0 aliphatic carbocycles. The van der Waals surface area contributed by atoms with Gasteiger partial charge in [-0.05, 0) is 25.0 Å².